The average molecular weight is 347 g/mol. The molecule has 94 valence electrons. The Morgan fingerprint density at radius 1 is 1.06 bits per heavy atom. The molecule has 0 aliphatic rings. The van der Waals surface area contributed by atoms with E-state index in [4.69, 9.17) is 23.2 Å². The van der Waals surface area contributed by atoms with Gasteiger partial charge in [0.2, 0.25) is 0 Å². The first kappa shape index (κ1) is 13.5. The zero-order valence-corrected chi connectivity index (χ0v) is 12.4. The van der Waals surface area contributed by atoms with Gasteiger partial charge in [-0.05, 0) is 51.8 Å². The van der Waals surface area contributed by atoms with Crippen LogP contribution in [0.15, 0.2) is 40.9 Å². The molecule has 0 fully saturated rings. The standard InChI is InChI=1S/C13H10BrCl2NO/c14-10-3-2-9(6-11(10)15)17-7-8-1-4-13(18)12(16)5-8/h1-6,17-18H,7H2. The lowest BCUT2D eigenvalue weighted by Gasteiger charge is -2.08. The molecule has 0 aromatic heterocycles. The van der Waals surface area contributed by atoms with E-state index in [0.717, 1.165) is 15.7 Å². The number of halogens is 3. The summed E-state index contributed by atoms with van der Waals surface area (Å²) in [5.41, 5.74) is 1.91. The van der Waals surface area contributed by atoms with E-state index in [1.807, 2.05) is 24.3 Å². The third kappa shape index (κ3) is 3.31. The SMILES string of the molecule is Oc1ccc(CNc2ccc(Br)c(Cl)c2)cc1Cl. The summed E-state index contributed by atoms with van der Waals surface area (Å²) in [7, 11) is 0. The number of hydrogen-bond acceptors (Lipinski definition) is 2. The highest BCUT2D eigenvalue weighted by Crippen LogP contribution is 2.27. The van der Waals surface area contributed by atoms with Crippen LogP contribution in [0.4, 0.5) is 5.69 Å². The van der Waals surface area contributed by atoms with Crippen molar-refractivity contribution in [2.45, 2.75) is 6.54 Å². The Morgan fingerprint density at radius 3 is 2.50 bits per heavy atom. The molecule has 2 N–H and O–H groups in total. The molecule has 0 amide bonds. The summed E-state index contributed by atoms with van der Waals surface area (Å²) in [6.45, 7) is 0.609. The topological polar surface area (TPSA) is 32.3 Å². The van der Waals surface area contributed by atoms with Gasteiger partial charge in [0.15, 0.2) is 0 Å². The van der Waals surface area contributed by atoms with Gasteiger partial charge in [0.05, 0.1) is 10.0 Å². The second kappa shape index (κ2) is 5.83. The fourth-order valence-electron chi connectivity index (χ4n) is 1.47. The van der Waals surface area contributed by atoms with Crippen molar-refractivity contribution in [3.63, 3.8) is 0 Å². The lowest BCUT2D eigenvalue weighted by Crippen LogP contribution is -1.99. The Morgan fingerprint density at radius 2 is 1.83 bits per heavy atom. The van der Waals surface area contributed by atoms with Gasteiger partial charge in [-0.2, -0.15) is 0 Å². The average Bonchev–Trinajstić information content (AvgIpc) is 2.35. The maximum Gasteiger partial charge on any atom is 0.134 e. The molecule has 18 heavy (non-hydrogen) atoms. The Labute approximate surface area is 124 Å². The third-order valence-electron chi connectivity index (χ3n) is 2.43. The van der Waals surface area contributed by atoms with Crippen molar-refractivity contribution in [2.75, 3.05) is 5.32 Å². The Kier molecular flexibility index (Phi) is 4.38. The first-order valence-electron chi connectivity index (χ1n) is 5.22. The third-order valence-corrected chi connectivity index (χ3v) is 3.96. The molecule has 0 radical (unpaired) electrons. The molecule has 2 aromatic carbocycles. The van der Waals surface area contributed by atoms with Gasteiger partial charge in [-0.3, -0.25) is 0 Å². The van der Waals surface area contributed by atoms with Crippen LogP contribution in [0.1, 0.15) is 5.56 Å². The lowest BCUT2D eigenvalue weighted by atomic mass is 10.2. The summed E-state index contributed by atoms with van der Waals surface area (Å²) in [6, 6.07) is 10.8. The maximum atomic E-state index is 9.32. The zero-order chi connectivity index (χ0) is 13.1. The fraction of sp³-hybridized carbons (Fsp3) is 0.0769. The van der Waals surface area contributed by atoms with E-state index in [1.165, 1.54) is 0 Å². The van der Waals surface area contributed by atoms with Gasteiger partial charge < -0.3 is 10.4 Å². The highest BCUT2D eigenvalue weighted by Gasteiger charge is 2.01. The van der Waals surface area contributed by atoms with Crippen LogP contribution >= 0.6 is 39.1 Å². The minimum absolute atomic E-state index is 0.0899. The van der Waals surface area contributed by atoms with E-state index in [2.05, 4.69) is 21.2 Å². The minimum atomic E-state index is 0.0899. The Balaban J connectivity index is 2.06. The summed E-state index contributed by atoms with van der Waals surface area (Å²) in [4.78, 5) is 0. The zero-order valence-electron chi connectivity index (χ0n) is 9.25. The number of hydrogen-bond donors (Lipinski definition) is 2. The predicted octanol–water partition coefficient (Wildman–Crippen LogP) is 5.07. The number of anilines is 1. The van der Waals surface area contributed by atoms with Gasteiger partial charge in [0.1, 0.15) is 5.75 Å². The quantitative estimate of drug-likeness (QED) is 0.812. The maximum absolute atomic E-state index is 9.32. The van der Waals surface area contributed by atoms with Crippen LogP contribution in [0.3, 0.4) is 0 Å². The summed E-state index contributed by atoms with van der Waals surface area (Å²) in [5, 5.41) is 13.6. The Hall–Kier alpha value is -0.900. The Bertz CT molecular complexity index is 523. The second-order valence-electron chi connectivity index (χ2n) is 3.77. The molecule has 0 atom stereocenters. The van der Waals surface area contributed by atoms with Crippen molar-refractivity contribution in [2.24, 2.45) is 0 Å². The molecule has 2 nitrogen and oxygen atoms in total. The van der Waals surface area contributed by atoms with Gasteiger partial charge in [-0.15, -0.1) is 0 Å². The number of phenolic OH excluding ortho intramolecular Hbond substituents is 1. The molecule has 0 spiro atoms. The molecular weight excluding hydrogens is 337 g/mol. The van der Waals surface area contributed by atoms with Crippen LogP contribution in [0.25, 0.3) is 0 Å². The number of nitrogens with one attached hydrogen (secondary N) is 1. The van der Waals surface area contributed by atoms with Gasteiger partial charge in [-0.1, -0.05) is 29.3 Å². The van der Waals surface area contributed by atoms with Crippen LogP contribution in [-0.4, -0.2) is 5.11 Å². The van der Waals surface area contributed by atoms with E-state index < -0.39 is 0 Å². The van der Waals surface area contributed by atoms with Crippen LogP contribution < -0.4 is 5.32 Å². The normalized spacial score (nSPS) is 10.4. The first-order chi connectivity index (χ1) is 8.56. The van der Waals surface area contributed by atoms with E-state index in [1.54, 1.807) is 12.1 Å². The van der Waals surface area contributed by atoms with Crippen molar-refractivity contribution in [3.05, 3.63) is 56.5 Å². The highest BCUT2D eigenvalue weighted by molar-refractivity contribution is 9.10. The molecule has 2 aromatic rings. The summed E-state index contributed by atoms with van der Waals surface area (Å²) in [5.74, 6) is 0.0899. The first-order valence-corrected chi connectivity index (χ1v) is 6.77. The van der Waals surface area contributed by atoms with Gasteiger partial charge >= 0.3 is 0 Å². The molecule has 0 saturated carbocycles. The molecular formula is C13H10BrCl2NO. The number of benzene rings is 2. The van der Waals surface area contributed by atoms with Crippen molar-refractivity contribution < 1.29 is 5.11 Å². The predicted molar refractivity (Wildman–Crippen MR) is 79.6 cm³/mol. The molecule has 0 unspecified atom stereocenters. The van der Waals surface area contributed by atoms with Gasteiger partial charge in [-0.25, -0.2) is 0 Å². The summed E-state index contributed by atoms with van der Waals surface area (Å²) >= 11 is 15.2. The van der Waals surface area contributed by atoms with Crippen molar-refractivity contribution in [3.8, 4) is 5.75 Å². The van der Waals surface area contributed by atoms with Crippen LogP contribution in [0.5, 0.6) is 5.75 Å². The van der Waals surface area contributed by atoms with Crippen molar-refractivity contribution in [1.82, 2.24) is 0 Å². The molecule has 0 aliphatic carbocycles. The lowest BCUT2D eigenvalue weighted by molar-refractivity contribution is 0.475. The van der Waals surface area contributed by atoms with Gasteiger partial charge in [0.25, 0.3) is 0 Å². The number of phenols is 1. The number of aromatic hydroxyl groups is 1. The molecule has 0 aliphatic heterocycles. The van der Waals surface area contributed by atoms with Crippen LogP contribution in [0, 0.1) is 0 Å². The minimum Gasteiger partial charge on any atom is -0.506 e. The van der Waals surface area contributed by atoms with E-state index in [-0.39, 0.29) is 5.75 Å². The van der Waals surface area contributed by atoms with Crippen molar-refractivity contribution in [1.29, 1.82) is 0 Å². The van der Waals surface area contributed by atoms with Crippen LogP contribution in [0.2, 0.25) is 10.0 Å². The molecule has 5 heteroatoms. The van der Waals surface area contributed by atoms with Gasteiger partial charge in [0, 0.05) is 16.7 Å². The number of rotatable bonds is 3. The second-order valence-corrected chi connectivity index (χ2v) is 5.44. The monoisotopic (exact) mass is 345 g/mol. The fourth-order valence-corrected chi connectivity index (χ4v) is 2.10. The molecule has 0 bridgehead atoms. The smallest absolute Gasteiger partial charge is 0.134 e. The highest BCUT2D eigenvalue weighted by atomic mass is 79.9. The molecule has 2 rings (SSSR count). The van der Waals surface area contributed by atoms with E-state index in [9.17, 15) is 5.11 Å². The molecule has 0 heterocycles. The van der Waals surface area contributed by atoms with E-state index >= 15 is 0 Å². The summed E-state index contributed by atoms with van der Waals surface area (Å²) in [6.07, 6.45) is 0. The van der Waals surface area contributed by atoms with Crippen LogP contribution in [-0.2, 0) is 6.54 Å². The summed E-state index contributed by atoms with van der Waals surface area (Å²) < 4.78 is 0.863. The van der Waals surface area contributed by atoms with Crippen molar-refractivity contribution >= 4 is 44.8 Å². The molecule has 0 saturated heterocycles. The largest absolute Gasteiger partial charge is 0.506 e. The van der Waals surface area contributed by atoms with E-state index in [0.29, 0.717) is 16.6 Å².